The molecule has 6 nitrogen and oxygen atoms in total. The van der Waals surface area contributed by atoms with Gasteiger partial charge in [0.15, 0.2) is 0 Å². The molecule has 0 saturated carbocycles. The summed E-state index contributed by atoms with van der Waals surface area (Å²) in [5.41, 5.74) is 6.10. The fraction of sp³-hybridized carbons (Fsp3) is 0.588. The van der Waals surface area contributed by atoms with Crippen LogP contribution in [0.3, 0.4) is 0 Å². The second-order valence-corrected chi connectivity index (χ2v) is 8.22. The number of hydrogen-bond donors (Lipinski definition) is 1. The Bertz CT molecular complexity index is 673. The van der Waals surface area contributed by atoms with Gasteiger partial charge in [-0.2, -0.15) is 4.31 Å². The van der Waals surface area contributed by atoms with Crippen LogP contribution in [0.4, 0.5) is 0 Å². The third-order valence-corrected chi connectivity index (χ3v) is 6.38. The molecule has 2 N–H and O–H groups in total. The van der Waals surface area contributed by atoms with Gasteiger partial charge in [-0.05, 0) is 31.4 Å². The van der Waals surface area contributed by atoms with E-state index in [1.54, 1.807) is 30.1 Å². The van der Waals surface area contributed by atoms with Crippen molar-refractivity contribution < 1.29 is 13.2 Å². The zero-order valence-electron chi connectivity index (χ0n) is 14.8. The molecular formula is C17H28ClN3O3S. The number of carbonyl (C=O) groups excluding carboxylic acids is 1. The minimum absolute atomic E-state index is 0. The molecule has 1 aromatic rings. The average Bonchev–Trinajstić information content (AvgIpc) is 2.59. The largest absolute Gasteiger partial charge is 0.342 e. The maximum absolute atomic E-state index is 13.0. The van der Waals surface area contributed by atoms with E-state index >= 15 is 0 Å². The van der Waals surface area contributed by atoms with Gasteiger partial charge in [-0.1, -0.05) is 25.5 Å². The summed E-state index contributed by atoms with van der Waals surface area (Å²) < 4.78 is 27.4. The molecule has 1 fully saturated rings. The Morgan fingerprint density at radius 1 is 1.28 bits per heavy atom. The van der Waals surface area contributed by atoms with Crippen LogP contribution in [0, 0.1) is 0 Å². The second-order valence-electron chi connectivity index (χ2n) is 6.32. The van der Waals surface area contributed by atoms with E-state index in [9.17, 15) is 13.2 Å². The Balaban J connectivity index is 0.00000312. The van der Waals surface area contributed by atoms with E-state index in [4.69, 9.17) is 5.73 Å². The Hall–Kier alpha value is -1.15. The van der Waals surface area contributed by atoms with Crippen molar-refractivity contribution in [1.82, 2.24) is 9.21 Å². The van der Waals surface area contributed by atoms with Crippen molar-refractivity contribution in [3.8, 4) is 0 Å². The normalized spacial score (nSPS) is 16.3. The summed E-state index contributed by atoms with van der Waals surface area (Å²) in [6, 6.07) is 6.52. The molecule has 1 aliphatic heterocycles. The summed E-state index contributed by atoms with van der Waals surface area (Å²) in [4.78, 5) is 14.4. The molecular weight excluding hydrogens is 362 g/mol. The zero-order chi connectivity index (χ0) is 17.7. The second kappa shape index (κ2) is 9.52. The fourth-order valence-corrected chi connectivity index (χ4v) is 4.48. The number of hydrogen-bond acceptors (Lipinski definition) is 4. The molecule has 1 aromatic carbocycles. The Morgan fingerprint density at radius 3 is 2.48 bits per heavy atom. The monoisotopic (exact) mass is 389 g/mol. The van der Waals surface area contributed by atoms with Crippen molar-refractivity contribution in [1.29, 1.82) is 0 Å². The minimum Gasteiger partial charge on any atom is -0.342 e. The van der Waals surface area contributed by atoms with E-state index in [0.29, 0.717) is 32.5 Å². The molecule has 0 aromatic heterocycles. The number of benzene rings is 1. The number of sulfonamides is 1. The molecule has 142 valence electrons. The van der Waals surface area contributed by atoms with Crippen molar-refractivity contribution in [2.45, 2.75) is 43.5 Å². The topological polar surface area (TPSA) is 83.7 Å². The predicted molar refractivity (Wildman–Crippen MR) is 102 cm³/mol. The number of rotatable bonds is 6. The summed E-state index contributed by atoms with van der Waals surface area (Å²) in [5.74, 6) is -0.253. The summed E-state index contributed by atoms with van der Waals surface area (Å²) >= 11 is 0. The maximum Gasteiger partial charge on any atom is 0.254 e. The molecule has 0 spiro atoms. The van der Waals surface area contributed by atoms with E-state index in [1.807, 2.05) is 0 Å². The van der Waals surface area contributed by atoms with Crippen molar-refractivity contribution >= 4 is 28.3 Å². The van der Waals surface area contributed by atoms with Crippen molar-refractivity contribution in [3.63, 3.8) is 0 Å². The first-order valence-corrected chi connectivity index (χ1v) is 9.92. The first-order chi connectivity index (χ1) is 11.4. The first-order valence-electron chi connectivity index (χ1n) is 8.48. The molecule has 8 heteroatoms. The van der Waals surface area contributed by atoms with Crippen molar-refractivity contribution in [2.24, 2.45) is 5.73 Å². The number of halogens is 1. The molecule has 1 amide bonds. The van der Waals surface area contributed by atoms with Crippen LogP contribution >= 0.6 is 12.4 Å². The van der Waals surface area contributed by atoms with Gasteiger partial charge in [0.1, 0.15) is 0 Å². The lowest BCUT2D eigenvalue weighted by Crippen LogP contribution is -2.43. The fourth-order valence-electron chi connectivity index (χ4n) is 2.83. The lowest BCUT2D eigenvalue weighted by Gasteiger charge is -2.30. The number of unbranched alkanes of at least 4 members (excludes halogenated alkanes) is 1. The molecule has 0 atom stereocenters. The van der Waals surface area contributed by atoms with Gasteiger partial charge in [0, 0.05) is 32.7 Å². The van der Waals surface area contributed by atoms with Gasteiger partial charge in [-0.3, -0.25) is 4.79 Å². The van der Waals surface area contributed by atoms with Crippen molar-refractivity contribution in [3.05, 3.63) is 29.8 Å². The standard InChI is InChI=1S/C17H27N3O3S.ClH/c1-3-4-11-19(2)17(21)15-7-5-6-8-16(15)24(22,23)20-12-9-14(18)10-13-20;/h5-8,14H,3-4,9-13,18H2,1-2H3;1H. The molecule has 2 rings (SSSR count). The number of piperidine rings is 1. The van der Waals surface area contributed by atoms with Crippen molar-refractivity contribution in [2.75, 3.05) is 26.7 Å². The van der Waals surface area contributed by atoms with E-state index in [-0.39, 0.29) is 34.8 Å². The highest BCUT2D eigenvalue weighted by atomic mass is 35.5. The van der Waals surface area contributed by atoms with Gasteiger partial charge in [-0.15, -0.1) is 12.4 Å². The molecule has 0 radical (unpaired) electrons. The van der Waals surface area contributed by atoms with Gasteiger partial charge in [-0.25, -0.2) is 8.42 Å². The van der Waals surface area contributed by atoms with Crippen LogP contribution in [-0.4, -0.2) is 56.3 Å². The minimum atomic E-state index is -3.68. The van der Waals surface area contributed by atoms with Gasteiger partial charge in [0.05, 0.1) is 10.5 Å². The number of carbonyl (C=O) groups is 1. The molecule has 0 bridgehead atoms. The van der Waals surface area contributed by atoms with Crippen LogP contribution in [0.5, 0.6) is 0 Å². The third kappa shape index (κ3) is 5.17. The summed E-state index contributed by atoms with van der Waals surface area (Å²) in [6.07, 6.45) is 3.16. The van der Waals surface area contributed by atoms with Gasteiger partial charge >= 0.3 is 0 Å². The third-order valence-electron chi connectivity index (χ3n) is 4.43. The van der Waals surface area contributed by atoms with Crippen LogP contribution in [-0.2, 0) is 10.0 Å². The van der Waals surface area contributed by atoms with Crippen LogP contribution < -0.4 is 5.73 Å². The number of nitrogens with zero attached hydrogens (tertiary/aromatic N) is 2. The van der Waals surface area contributed by atoms with Crippen LogP contribution in [0.2, 0.25) is 0 Å². The van der Waals surface area contributed by atoms with E-state index in [0.717, 1.165) is 12.8 Å². The SMILES string of the molecule is CCCCN(C)C(=O)c1ccccc1S(=O)(=O)N1CCC(N)CC1.Cl. The predicted octanol–water partition coefficient (Wildman–Crippen LogP) is 2.09. The average molecular weight is 390 g/mol. The lowest BCUT2D eigenvalue weighted by atomic mass is 10.1. The van der Waals surface area contributed by atoms with Gasteiger partial charge in [0.2, 0.25) is 10.0 Å². The molecule has 1 aliphatic rings. The summed E-state index contributed by atoms with van der Waals surface area (Å²) in [6.45, 7) is 3.47. The zero-order valence-corrected chi connectivity index (χ0v) is 16.5. The Morgan fingerprint density at radius 2 is 1.88 bits per heavy atom. The highest BCUT2D eigenvalue weighted by Gasteiger charge is 2.31. The lowest BCUT2D eigenvalue weighted by molar-refractivity contribution is 0.0789. The van der Waals surface area contributed by atoms with E-state index in [1.165, 1.54) is 10.4 Å². The van der Waals surface area contributed by atoms with Crippen LogP contribution in [0.1, 0.15) is 43.0 Å². The number of nitrogens with two attached hydrogens (primary N) is 1. The molecule has 0 unspecified atom stereocenters. The van der Waals surface area contributed by atoms with Crippen LogP contribution in [0.25, 0.3) is 0 Å². The van der Waals surface area contributed by atoms with Gasteiger partial charge in [0.25, 0.3) is 5.91 Å². The molecule has 0 aliphatic carbocycles. The first kappa shape index (κ1) is 21.9. The van der Waals surface area contributed by atoms with Crippen LogP contribution in [0.15, 0.2) is 29.2 Å². The number of amides is 1. The Kier molecular flexibility index (Phi) is 8.34. The highest BCUT2D eigenvalue weighted by Crippen LogP contribution is 2.24. The molecule has 1 heterocycles. The van der Waals surface area contributed by atoms with E-state index < -0.39 is 10.0 Å². The molecule has 1 saturated heterocycles. The quantitative estimate of drug-likeness (QED) is 0.807. The maximum atomic E-state index is 13.0. The summed E-state index contributed by atoms with van der Waals surface area (Å²) in [5, 5.41) is 0. The summed E-state index contributed by atoms with van der Waals surface area (Å²) in [7, 11) is -1.98. The van der Waals surface area contributed by atoms with Gasteiger partial charge < -0.3 is 10.6 Å². The Labute approximate surface area is 156 Å². The highest BCUT2D eigenvalue weighted by molar-refractivity contribution is 7.89. The smallest absolute Gasteiger partial charge is 0.254 e. The van der Waals surface area contributed by atoms with E-state index in [2.05, 4.69) is 6.92 Å². The molecule has 25 heavy (non-hydrogen) atoms.